The van der Waals surface area contributed by atoms with Gasteiger partial charge in [0, 0.05) is 17.3 Å². The van der Waals surface area contributed by atoms with Gasteiger partial charge in [0.15, 0.2) is 0 Å². The van der Waals surface area contributed by atoms with E-state index in [-0.39, 0.29) is 21.9 Å². The van der Waals surface area contributed by atoms with Crippen molar-refractivity contribution in [1.29, 1.82) is 0 Å². The fourth-order valence-electron chi connectivity index (χ4n) is 1.78. The lowest BCUT2D eigenvalue weighted by molar-refractivity contribution is 0.469. The lowest BCUT2D eigenvalue weighted by Gasteiger charge is -2.21. The van der Waals surface area contributed by atoms with Gasteiger partial charge in [0.2, 0.25) is 10.0 Å². The highest BCUT2D eigenvalue weighted by Crippen LogP contribution is 2.29. The van der Waals surface area contributed by atoms with Crippen LogP contribution in [-0.2, 0) is 10.0 Å². The van der Waals surface area contributed by atoms with E-state index in [0.717, 1.165) is 4.88 Å². The Morgan fingerprint density at radius 2 is 2.10 bits per heavy atom. The van der Waals surface area contributed by atoms with Crippen LogP contribution in [0.3, 0.4) is 0 Å². The molecule has 2 heterocycles. The van der Waals surface area contributed by atoms with Gasteiger partial charge < -0.3 is 0 Å². The summed E-state index contributed by atoms with van der Waals surface area (Å²) in [5.41, 5.74) is 0. The van der Waals surface area contributed by atoms with E-state index in [1.54, 1.807) is 0 Å². The normalized spacial score (nSPS) is 13.6. The Kier molecular flexibility index (Phi) is 4.80. The molecule has 4 nitrogen and oxygen atoms in total. The van der Waals surface area contributed by atoms with Crippen LogP contribution in [0.25, 0.3) is 0 Å². The van der Waals surface area contributed by atoms with Gasteiger partial charge in [-0.3, -0.25) is 4.98 Å². The molecule has 0 aliphatic rings. The van der Waals surface area contributed by atoms with E-state index in [2.05, 4.69) is 9.71 Å². The molecule has 1 unspecified atom stereocenters. The summed E-state index contributed by atoms with van der Waals surface area (Å²) < 4.78 is 27.6. The third-order valence-electron chi connectivity index (χ3n) is 2.82. The first-order valence-electron chi connectivity index (χ1n) is 6.07. The van der Waals surface area contributed by atoms with Crippen LogP contribution in [-0.4, -0.2) is 13.4 Å². The quantitative estimate of drug-likeness (QED) is 0.913. The van der Waals surface area contributed by atoms with E-state index in [1.165, 1.54) is 29.8 Å². The molecule has 0 aromatic carbocycles. The molecule has 0 saturated carbocycles. The first-order chi connectivity index (χ1) is 9.42. The standard InChI is InChI=1S/C13H15ClN2O2S2/c1-9(2)13(11-4-3-7-19-11)16-20(17,18)12-8-15-6-5-10(12)14/h3-9,13,16H,1-2H3. The molecule has 0 aliphatic heterocycles. The molecular weight excluding hydrogens is 316 g/mol. The van der Waals surface area contributed by atoms with Crippen molar-refractivity contribution in [3.05, 3.63) is 45.9 Å². The van der Waals surface area contributed by atoms with Crippen LogP contribution in [0.4, 0.5) is 0 Å². The molecule has 2 rings (SSSR count). The van der Waals surface area contributed by atoms with Crippen molar-refractivity contribution in [3.63, 3.8) is 0 Å². The van der Waals surface area contributed by atoms with Crippen LogP contribution in [0.1, 0.15) is 24.8 Å². The summed E-state index contributed by atoms with van der Waals surface area (Å²) >= 11 is 7.46. The van der Waals surface area contributed by atoms with E-state index in [1.807, 2.05) is 31.4 Å². The Hall–Kier alpha value is -0.950. The molecule has 7 heteroatoms. The van der Waals surface area contributed by atoms with Crippen molar-refractivity contribution in [1.82, 2.24) is 9.71 Å². The highest BCUT2D eigenvalue weighted by Gasteiger charge is 2.26. The molecule has 1 N–H and O–H groups in total. The second-order valence-corrected chi connectivity index (χ2v) is 7.73. The van der Waals surface area contributed by atoms with Crippen molar-refractivity contribution in [2.24, 2.45) is 5.92 Å². The van der Waals surface area contributed by atoms with Crippen LogP contribution in [0.5, 0.6) is 0 Å². The number of hydrogen-bond donors (Lipinski definition) is 1. The van der Waals surface area contributed by atoms with Crippen LogP contribution in [0.2, 0.25) is 5.02 Å². The van der Waals surface area contributed by atoms with Gasteiger partial charge in [0.1, 0.15) is 4.90 Å². The molecule has 2 aromatic heterocycles. The molecule has 20 heavy (non-hydrogen) atoms. The molecule has 2 aromatic rings. The average molecular weight is 331 g/mol. The Labute approximate surface area is 127 Å². The monoisotopic (exact) mass is 330 g/mol. The number of rotatable bonds is 5. The molecule has 0 aliphatic carbocycles. The smallest absolute Gasteiger partial charge is 0.244 e. The molecule has 0 amide bonds. The van der Waals surface area contributed by atoms with Crippen molar-refractivity contribution in [2.45, 2.75) is 24.8 Å². The van der Waals surface area contributed by atoms with Gasteiger partial charge in [0.05, 0.1) is 11.1 Å². The zero-order valence-electron chi connectivity index (χ0n) is 11.1. The van der Waals surface area contributed by atoms with Crippen LogP contribution < -0.4 is 4.72 Å². The van der Waals surface area contributed by atoms with E-state index in [0.29, 0.717) is 0 Å². The minimum absolute atomic E-state index is 0.00359. The van der Waals surface area contributed by atoms with E-state index in [4.69, 9.17) is 11.6 Å². The summed E-state index contributed by atoms with van der Waals surface area (Å²) in [6, 6.07) is 5.01. The number of thiophene rings is 1. The first kappa shape index (κ1) is 15.4. The van der Waals surface area contributed by atoms with E-state index in [9.17, 15) is 8.42 Å². The van der Waals surface area contributed by atoms with Crippen molar-refractivity contribution in [3.8, 4) is 0 Å². The molecule has 0 fully saturated rings. The molecule has 0 spiro atoms. The molecule has 0 bridgehead atoms. The topological polar surface area (TPSA) is 59.1 Å². The fraction of sp³-hybridized carbons (Fsp3) is 0.308. The minimum atomic E-state index is -3.70. The van der Waals surface area contributed by atoms with Crippen molar-refractivity contribution >= 4 is 33.0 Å². The predicted molar refractivity (Wildman–Crippen MR) is 81.5 cm³/mol. The third-order valence-corrected chi connectivity index (χ3v) is 5.69. The zero-order chi connectivity index (χ0) is 14.8. The fourth-order valence-corrected chi connectivity index (χ4v) is 4.60. The first-order valence-corrected chi connectivity index (χ1v) is 8.81. The number of nitrogens with zero attached hydrogens (tertiary/aromatic N) is 1. The second-order valence-electron chi connectivity index (χ2n) is 4.66. The maximum absolute atomic E-state index is 12.4. The molecular formula is C13H15ClN2O2S2. The Bertz CT molecular complexity index is 669. The van der Waals surface area contributed by atoms with Gasteiger partial charge in [-0.2, -0.15) is 0 Å². The van der Waals surface area contributed by atoms with Crippen molar-refractivity contribution < 1.29 is 8.42 Å². The largest absolute Gasteiger partial charge is 0.263 e. The predicted octanol–water partition coefficient (Wildman–Crippen LogP) is 3.47. The SMILES string of the molecule is CC(C)C(NS(=O)(=O)c1cnccc1Cl)c1cccs1. The third kappa shape index (κ3) is 3.38. The summed E-state index contributed by atoms with van der Waals surface area (Å²) in [6.45, 7) is 3.94. The van der Waals surface area contributed by atoms with Crippen LogP contribution in [0.15, 0.2) is 40.9 Å². The van der Waals surface area contributed by atoms with Crippen LogP contribution >= 0.6 is 22.9 Å². The summed E-state index contributed by atoms with van der Waals surface area (Å²) in [5.74, 6) is 0.124. The maximum atomic E-state index is 12.4. The number of pyridine rings is 1. The summed E-state index contributed by atoms with van der Waals surface area (Å²) in [7, 11) is -3.70. The Morgan fingerprint density at radius 1 is 1.35 bits per heavy atom. The van der Waals surface area contributed by atoms with E-state index >= 15 is 0 Å². The summed E-state index contributed by atoms with van der Waals surface area (Å²) in [6.07, 6.45) is 2.72. The average Bonchev–Trinajstić information content (AvgIpc) is 2.89. The number of hydrogen-bond acceptors (Lipinski definition) is 4. The molecule has 0 radical (unpaired) electrons. The van der Waals surface area contributed by atoms with Gasteiger partial charge in [-0.05, 0) is 23.4 Å². The van der Waals surface area contributed by atoms with Crippen LogP contribution in [0, 0.1) is 5.92 Å². The highest BCUT2D eigenvalue weighted by molar-refractivity contribution is 7.89. The molecule has 1 atom stereocenters. The summed E-state index contributed by atoms with van der Waals surface area (Å²) in [4.78, 5) is 4.80. The maximum Gasteiger partial charge on any atom is 0.244 e. The summed E-state index contributed by atoms with van der Waals surface area (Å²) in [5, 5.41) is 2.09. The van der Waals surface area contributed by atoms with Gasteiger partial charge in [-0.25, -0.2) is 13.1 Å². The lowest BCUT2D eigenvalue weighted by atomic mass is 10.0. The highest BCUT2D eigenvalue weighted by atomic mass is 35.5. The second kappa shape index (κ2) is 6.22. The zero-order valence-corrected chi connectivity index (χ0v) is 13.5. The lowest BCUT2D eigenvalue weighted by Crippen LogP contribution is -2.31. The van der Waals surface area contributed by atoms with Gasteiger partial charge in [-0.15, -0.1) is 11.3 Å². The van der Waals surface area contributed by atoms with Gasteiger partial charge >= 0.3 is 0 Å². The van der Waals surface area contributed by atoms with E-state index < -0.39 is 10.0 Å². The number of aromatic nitrogens is 1. The van der Waals surface area contributed by atoms with Gasteiger partial charge in [-0.1, -0.05) is 31.5 Å². The Balaban J connectivity index is 2.34. The van der Waals surface area contributed by atoms with Crippen molar-refractivity contribution in [2.75, 3.05) is 0 Å². The number of nitrogens with one attached hydrogen (secondary N) is 1. The number of halogens is 1. The minimum Gasteiger partial charge on any atom is -0.263 e. The Morgan fingerprint density at radius 3 is 2.65 bits per heavy atom. The number of sulfonamides is 1. The van der Waals surface area contributed by atoms with Gasteiger partial charge in [0.25, 0.3) is 0 Å². The molecule has 0 saturated heterocycles. The molecule has 108 valence electrons.